The predicted molar refractivity (Wildman–Crippen MR) is 74.1 cm³/mol. The fourth-order valence-electron chi connectivity index (χ4n) is 2.20. The van der Waals surface area contributed by atoms with Crippen LogP contribution in [0.15, 0.2) is 18.2 Å². The standard InChI is InChI=1S/C13H16Cl2N2O/c1-13(7-16)4-5-17(8-13)12(18)10-3-2-9(14)6-11(10)15/h2-3,6H,4-5,7-8,16H2,1H3. The van der Waals surface area contributed by atoms with Gasteiger partial charge in [-0.3, -0.25) is 4.79 Å². The van der Waals surface area contributed by atoms with E-state index in [0.29, 0.717) is 28.7 Å². The van der Waals surface area contributed by atoms with Crippen LogP contribution in [0.3, 0.4) is 0 Å². The number of hydrogen-bond acceptors (Lipinski definition) is 2. The van der Waals surface area contributed by atoms with Crippen molar-refractivity contribution in [3.8, 4) is 0 Å². The van der Waals surface area contributed by atoms with Gasteiger partial charge >= 0.3 is 0 Å². The second kappa shape index (κ2) is 5.08. The molecular formula is C13H16Cl2N2O. The zero-order valence-electron chi connectivity index (χ0n) is 10.2. The monoisotopic (exact) mass is 286 g/mol. The Balaban J connectivity index is 2.18. The van der Waals surface area contributed by atoms with Gasteiger partial charge in [0, 0.05) is 18.1 Å². The molecule has 1 amide bonds. The summed E-state index contributed by atoms with van der Waals surface area (Å²) < 4.78 is 0. The molecule has 0 spiro atoms. The highest BCUT2D eigenvalue weighted by molar-refractivity contribution is 6.36. The Morgan fingerprint density at radius 3 is 2.78 bits per heavy atom. The maximum atomic E-state index is 12.3. The molecule has 0 saturated carbocycles. The Kier molecular flexibility index (Phi) is 3.85. The molecule has 2 N–H and O–H groups in total. The Morgan fingerprint density at radius 1 is 1.50 bits per heavy atom. The van der Waals surface area contributed by atoms with Crippen LogP contribution in [0.5, 0.6) is 0 Å². The first kappa shape index (κ1) is 13.7. The lowest BCUT2D eigenvalue weighted by Gasteiger charge is -2.22. The topological polar surface area (TPSA) is 46.3 Å². The lowest BCUT2D eigenvalue weighted by atomic mass is 9.90. The number of likely N-dealkylation sites (tertiary alicyclic amines) is 1. The van der Waals surface area contributed by atoms with E-state index >= 15 is 0 Å². The fraction of sp³-hybridized carbons (Fsp3) is 0.462. The van der Waals surface area contributed by atoms with Gasteiger partial charge in [0.05, 0.1) is 10.6 Å². The number of benzene rings is 1. The summed E-state index contributed by atoms with van der Waals surface area (Å²) in [6.45, 7) is 4.10. The lowest BCUT2D eigenvalue weighted by Crippen LogP contribution is -2.34. The van der Waals surface area contributed by atoms with E-state index in [2.05, 4.69) is 6.92 Å². The number of rotatable bonds is 2. The summed E-state index contributed by atoms with van der Waals surface area (Å²) in [5.41, 5.74) is 6.26. The van der Waals surface area contributed by atoms with Gasteiger partial charge in [-0.05, 0) is 36.6 Å². The van der Waals surface area contributed by atoms with Crippen molar-refractivity contribution in [2.75, 3.05) is 19.6 Å². The molecule has 3 nitrogen and oxygen atoms in total. The summed E-state index contributed by atoms with van der Waals surface area (Å²) in [5.74, 6) is -0.0474. The van der Waals surface area contributed by atoms with Gasteiger partial charge < -0.3 is 10.6 Å². The third kappa shape index (κ3) is 2.63. The predicted octanol–water partition coefficient (Wildman–Crippen LogP) is 2.80. The van der Waals surface area contributed by atoms with Crippen LogP contribution in [0.1, 0.15) is 23.7 Å². The van der Waals surface area contributed by atoms with E-state index in [-0.39, 0.29) is 11.3 Å². The second-order valence-electron chi connectivity index (χ2n) is 5.12. The summed E-state index contributed by atoms with van der Waals surface area (Å²) in [6.07, 6.45) is 0.931. The molecule has 1 aromatic rings. The molecule has 98 valence electrons. The van der Waals surface area contributed by atoms with Crippen LogP contribution in [0, 0.1) is 5.41 Å². The molecule has 1 aromatic carbocycles. The molecule has 0 radical (unpaired) electrons. The van der Waals surface area contributed by atoms with Gasteiger partial charge in [-0.2, -0.15) is 0 Å². The van der Waals surface area contributed by atoms with Crippen LogP contribution in [0.4, 0.5) is 0 Å². The van der Waals surface area contributed by atoms with Crippen molar-refractivity contribution in [3.05, 3.63) is 33.8 Å². The third-order valence-corrected chi connectivity index (χ3v) is 4.05. The second-order valence-corrected chi connectivity index (χ2v) is 5.96. The van der Waals surface area contributed by atoms with Crippen molar-refractivity contribution in [2.24, 2.45) is 11.1 Å². The first-order chi connectivity index (χ1) is 8.45. The van der Waals surface area contributed by atoms with Gasteiger partial charge in [-0.1, -0.05) is 30.1 Å². The summed E-state index contributed by atoms with van der Waals surface area (Å²) in [5, 5.41) is 0.929. The van der Waals surface area contributed by atoms with Crippen molar-refractivity contribution < 1.29 is 4.79 Å². The number of carbonyl (C=O) groups is 1. The minimum absolute atomic E-state index is 0.0224. The maximum Gasteiger partial charge on any atom is 0.255 e. The number of carbonyl (C=O) groups excluding carboxylic acids is 1. The number of amides is 1. The van der Waals surface area contributed by atoms with Crippen molar-refractivity contribution in [1.29, 1.82) is 0 Å². The molecule has 0 aliphatic carbocycles. The van der Waals surface area contributed by atoms with E-state index < -0.39 is 0 Å². The van der Waals surface area contributed by atoms with E-state index in [1.807, 2.05) is 4.90 Å². The van der Waals surface area contributed by atoms with Gasteiger partial charge in [0.2, 0.25) is 0 Å². The first-order valence-electron chi connectivity index (χ1n) is 5.90. The fourth-order valence-corrected chi connectivity index (χ4v) is 2.69. The van der Waals surface area contributed by atoms with Crippen LogP contribution >= 0.6 is 23.2 Å². The van der Waals surface area contributed by atoms with Crippen LogP contribution in [-0.4, -0.2) is 30.4 Å². The first-order valence-corrected chi connectivity index (χ1v) is 6.65. The molecule has 1 aliphatic rings. The van der Waals surface area contributed by atoms with E-state index in [1.54, 1.807) is 18.2 Å². The van der Waals surface area contributed by atoms with Gasteiger partial charge in [0.1, 0.15) is 0 Å². The van der Waals surface area contributed by atoms with Gasteiger partial charge in [0.15, 0.2) is 0 Å². The molecule has 1 fully saturated rings. The number of nitrogens with zero attached hydrogens (tertiary/aromatic N) is 1. The molecule has 0 bridgehead atoms. The van der Waals surface area contributed by atoms with Gasteiger partial charge in [0.25, 0.3) is 5.91 Å². The molecule has 2 rings (SSSR count). The summed E-state index contributed by atoms with van der Waals surface area (Å²) in [7, 11) is 0. The molecule has 5 heteroatoms. The van der Waals surface area contributed by atoms with E-state index in [9.17, 15) is 4.79 Å². The number of nitrogens with two attached hydrogens (primary N) is 1. The molecule has 18 heavy (non-hydrogen) atoms. The Labute approximate surface area is 117 Å². The summed E-state index contributed by atoms with van der Waals surface area (Å²) >= 11 is 11.9. The molecular weight excluding hydrogens is 271 g/mol. The average Bonchev–Trinajstić information content (AvgIpc) is 2.72. The minimum Gasteiger partial charge on any atom is -0.338 e. The SMILES string of the molecule is CC1(CN)CCN(C(=O)c2ccc(Cl)cc2Cl)C1. The van der Waals surface area contributed by atoms with Crippen LogP contribution in [-0.2, 0) is 0 Å². The molecule has 0 aromatic heterocycles. The quantitative estimate of drug-likeness (QED) is 0.909. The van der Waals surface area contributed by atoms with E-state index in [4.69, 9.17) is 28.9 Å². The minimum atomic E-state index is -0.0474. The van der Waals surface area contributed by atoms with Gasteiger partial charge in [-0.25, -0.2) is 0 Å². The highest BCUT2D eigenvalue weighted by Crippen LogP contribution is 2.31. The van der Waals surface area contributed by atoms with Crippen LogP contribution in [0.25, 0.3) is 0 Å². The lowest BCUT2D eigenvalue weighted by molar-refractivity contribution is 0.0777. The molecule has 1 saturated heterocycles. The van der Waals surface area contributed by atoms with Crippen molar-refractivity contribution in [2.45, 2.75) is 13.3 Å². The van der Waals surface area contributed by atoms with Crippen molar-refractivity contribution in [3.63, 3.8) is 0 Å². The van der Waals surface area contributed by atoms with Gasteiger partial charge in [-0.15, -0.1) is 0 Å². The Bertz CT molecular complexity index is 478. The largest absolute Gasteiger partial charge is 0.338 e. The van der Waals surface area contributed by atoms with Crippen LogP contribution < -0.4 is 5.73 Å². The zero-order chi connectivity index (χ0) is 13.3. The number of halogens is 2. The average molecular weight is 287 g/mol. The van der Waals surface area contributed by atoms with Crippen molar-refractivity contribution >= 4 is 29.1 Å². The molecule has 1 atom stereocenters. The summed E-state index contributed by atoms with van der Waals surface area (Å²) in [4.78, 5) is 14.1. The van der Waals surface area contributed by atoms with Crippen molar-refractivity contribution in [1.82, 2.24) is 4.90 Å². The molecule has 1 heterocycles. The van der Waals surface area contributed by atoms with E-state index in [1.165, 1.54) is 0 Å². The summed E-state index contributed by atoms with van der Waals surface area (Å²) in [6, 6.07) is 4.94. The zero-order valence-corrected chi connectivity index (χ0v) is 11.8. The smallest absolute Gasteiger partial charge is 0.255 e. The Morgan fingerprint density at radius 2 is 2.22 bits per heavy atom. The number of hydrogen-bond donors (Lipinski definition) is 1. The maximum absolute atomic E-state index is 12.3. The molecule has 1 unspecified atom stereocenters. The van der Waals surface area contributed by atoms with E-state index in [0.717, 1.165) is 13.0 Å². The highest BCUT2D eigenvalue weighted by atomic mass is 35.5. The molecule has 1 aliphatic heterocycles. The Hall–Kier alpha value is -0.770. The normalized spacial score (nSPS) is 23.4. The van der Waals surface area contributed by atoms with Crippen LogP contribution in [0.2, 0.25) is 10.0 Å². The highest BCUT2D eigenvalue weighted by Gasteiger charge is 2.35. The third-order valence-electron chi connectivity index (χ3n) is 3.50.